The number of aromatic hydroxyl groups is 1. The van der Waals surface area contributed by atoms with Gasteiger partial charge in [-0.25, -0.2) is 9.37 Å². The molecule has 11 heteroatoms. The maximum absolute atomic E-state index is 13.0. The monoisotopic (exact) mass is 432 g/mol. The molecule has 4 N–H and O–H groups in total. The van der Waals surface area contributed by atoms with Gasteiger partial charge in [0.15, 0.2) is 5.69 Å². The average molecular weight is 432 g/mol. The Bertz CT molecular complexity index is 1010. The number of likely N-dealkylation sites (N-methyl/N-ethyl adjacent to an activating group) is 1. The largest absolute Gasteiger partial charge is 0.501 e. The van der Waals surface area contributed by atoms with E-state index in [0.717, 1.165) is 0 Å². The van der Waals surface area contributed by atoms with E-state index in [1.807, 2.05) is 0 Å². The van der Waals surface area contributed by atoms with Gasteiger partial charge in [0.2, 0.25) is 11.7 Å². The number of hydrogen-bond donors (Lipinski definition) is 4. The van der Waals surface area contributed by atoms with E-state index in [-0.39, 0.29) is 24.8 Å². The highest BCUT2D eigenvalue weighted by atomic mass is 19.1. The van der Waals surface area contributed by atoms with Gasteiger partial charge < -0.3 is 30.5 Å². The van der Waals surface area contributed by atoms with Crippen molar-refractivity contribution in [3.05, 3.63) is 57.5 Å². The van der Waals surface area contributed by atoms with E-state index in [1.54, 1.807) is 23.9 Å². The fourth-order valence-corrected chi connectivity index (χ4v) is 3.28. The van der Waals surface area contributed by atoms with Crippen LogP contribution in [0.25, 0.3) is 0 Å². The summed E-state index contributed by atoms with van der Waals surface area (Å²) in [6.45, 7) is 1.57. The number of halogens is 1. The van der Waals surface area contributed by atoms with E-state index < -0.39 is 34.8 Å². The second-order valence-corrected chi connectivity index (χ2v) is 7.50. The number of aromatic nitrogens is 2. The Hall–Kier alpha value is -3.31. The maximum Gasteiger partial charge on any atom is 0.294 e. The molecular formula is C20H25FN6O4. The van der Waals surface area contributed by atoms with Gasteiger partial charge in [0.1, 0.15) is 17.7 Å². The van der Waals surface area contributed by atoms with Crippen molar-refractivity contribution < 1.29 is 19.1 Å². The number of carbonyl (C=O) groups is 2. The van der Waals surface area contributed by atoms with Crippen molar-refractivity contribution in [1.82, 2.24) is 30.4 Å². The molecule has 0 spiro atoms. The predicted molar refractivity (Wildman–Crippen MR) is 110 cm³/mol. The van der Waals surface area contributed by atoms with Crippen molar-refractivity contribution in [3.63, 3.8) is 0 Å². The van der Waals surface area contributed by atoms with Crippen molar-refractivity contribution in [2.75, 3.05) is 40.3 Å². The molecule has 1 aliphatic heterocycles. The van der Waals surface area contributed by atoms with Gasteiger partial charge in [-0.3, -0.25) is 14.4 Å². The van der Waals surface area contributed by atoms with Crippen LogP contribution in [0.15, 0.2) is 29.1 Å². The average Bonchev–Trinajstić information content (AvgIpc) is 2.74. The molecule has 0 aliphatic carbocycles. The molecule has 1 aliphatic rings. The molecule has 1 aromatic carbocycles. The molecule has 3 rings (SSSR count). The smallest absolute Gasteiger partial charge is 0.294 e. The van der Waals surface area contributed by atoms with Gasteiger partial charge in [-0.2, -0.15) is 0 Å². The van der Waals surface area contributed by atoms with Crippen LogP contribution in [0, 0.1) is 5.82 Å². The van der Waals surface area contributed by atoms with Crippen LogP contribution in [0.3, 0.4) is 0 Å². The number of benzene rings is 1. The molecule has 2 aromatic rings. The lowest BCUT2D eigenvalue weighted by molar-refractivity contribution is -0.135. The summed E-state index contributed by atoms with van der Waals surface area (Å²) < 4.78 is 13.0. The zero-order valence-electron chi connectivity index (χ0n) is 17.3. The minimum atomic E-state index is -0.873. The number of carbonyl (C=O) groups excluding carboxylic acids is 2. The Morgan fingerprint density at radius 1 is 1.32 bits per heavy atom. The first-order valence-electron chi connectivity index (χ1n) is 9.77. The molecule has 1 saturated heterocycles. The molecule has 2 heterocycles. The first kappa shape index (κ1) is 22.4. The quantitative estimate of drug-likeness (QED) is 0.488. The number of amides is 2. The summed E-state index contributed by atoms with van der Waals surface area (Å²) in [5.74, 6) is -2.01. The van der Waals surface area contributed by atoms with E-state index in [0.29, 0.717) is 25.2 Å². The molecule has 0 saturated carbocycles. The first-order chi connectivity index (χ1) is 14.8. The normalized spacial score (nSPS) is 16.4. The van der Waals surface area contributed by atoms with E-state index >= 15 is 0 Å². The van der Waals surface area contributed by atoms with Crippen LogP contribution in [-0.4, -0.2) is 77.0 Å². The number of aromatic amines is 1. The third-order valence-corrected chi connectivity index (χ3v) is 4.83. The van der Waals surface area contributed by atoms with Gasteiger partial charge in [0, 0.05) is 26.2 Å². The SMILES string of the molecule is CN(C)CC(=O)N1CCNCC1c1nc(C(=O)NCc2ccc(F)cc2)c(O)c(=O)[nH]1. The summed E-state index contributed by atoms with van der Waals surface area (Å²) in [6.07, 6.45) is 0. The fraction of sp³-hybridized carbons (Fsp3) is 0.400. The number of nitrogens with one attached hydrogen (secondary N) is 3. The van der Waals surface area contributed by atoms with Gasteiger partial charge in [-0.1, -0.05) is 12.1 Å². The van der Waals surface area contributed by atoms with Crippen LogP contribution < -0.4 is 16.2 Å². The summed E-state index contributed by atoms with van der Waals surface area (Å²) in [5.41, 5.74) is -0.676. The van der Waals surface area contributed by atoms with Crippen LogP contribution in [0.1, 0.15) is 27.9 Å². The van der Waals surface area contributed by atoms with E-state index in [4.69, 9.17) is 0 Å². The molecule has 1 atom stereocenters. The fourth-order valence-electron chi connectivity index (χ4n) is 3.28. The highest BCUT2D eigenvalue weighted by molar-refractivity contribution is 5.94. The number of hydrogen-bond acceptors (Lipinski definition) is 7. The van der Waals surface area contributed by atoms with Crippen molar-refractivity contribution in [3.8, 4) is 5.75 Å². The molecule has 31 heavy (non-hydrogen) atoms. The Morgan fingerprint density at radius 2 is 2.03 bits per heavy atom. The summed E-state index contributed by atoms with van der Waals surface area (Å²) >= 11 is 0. The number of rotatable bonds is 6. The molecule has 1 unspecified atom stereocenters. The zero-order chi connectivity index (χ0) is 22.5. The van der Waals surface area contributed by atoms with Gasteiger partial charge in [0.25, 0.3) is 11.5 Å². The minimum absolute atomic E-state index is 0.0563. The lowest BCUT2D eigenvalue weighted by atomic mass is 10.1. The lowest BCUT2D eigenvalue weighted by Gasteiger charge is -2.36. The molecular weight excluding hydrogens is 407 g/mol. The highest BCUT2D eigenvalue weighted by Gasteiger charge is 2.31. The van der Waals surface area contributed by atoms with Crippen LogP contribution in [0.5, 0.6) is 5.75 Å². The third kappa shape index (κ3) is 5.44. The topological polar surface area (TPSA) is 131 Å². The van der Waals surface area contributed by atoms with Crippen LogP contribution in [0.4, 0.5) is 4.39 Å². The van der Waals surface area contributed by atoms with Gasteiger partial charge >= 0.3 is 0 Å². The molecule has 1 fully saturated rings. The molecule has 0 bridgehead atoms. The summed E-state index contributed by atoms with van der Waals surface area (Å²) in [6, 6.07) is 4.94. The Labute approximate surface area is 178 Å². The molecule has 166 valence electrons. The van der Waals surface area contributed by atoms with Gasteiger partial charge in [0.05, 0.1) is 6.54 Å². The summed E-state index contributed by atoms with van der Waals surface area (Å²) in [5, 5.41) is 15.8. The third-order valence-electron chi connectivity index (χ3n) is 4.83. The molecule has 1 aromatic heterocycles. The standard InChI is InChI=1S/C20H25FN6O4/c1-26(2)11-15(28)27-8-7-22-10-14(27)18-24-16(17(29)20(31)25-18)19(30)23-9-12-3-5-13(21)6-4-12/h3-6,14,22,29H,7-11H2,1-2H3,(H,23,30)(H,24,25,31). The van der Waals surface area contributed by atoms with Crippen LogP contribution in [-0.2, 0) is 11.3 Å². The van der Waals surface area contributed by atoms with Crippen LogP contribution >= 0.6 is 0 Å². The first-order valence-corrected chi connectivity index (χ1v) is 9.77. The van der Waals surface area contributed by atoms with Crippen molar-refractivity contribution in [2.24, 2.45) is 0 Å². The van der Waals surface area contributed by atoms with Crippen molar-refractivity contribution >= 4 is 11.8 Å². The number of H-pyrrole nitrogens is 1. The Morgan fingerprint density at radius 3 is 2.71 bits per heavy atom. The van der Waals surface area contributed by atoms with Crippen molar-refractivity contribution in [2.45, 2.75) is 12.6 Å². The predicted octanol–water partition coefficient (Wildman–Crippen LogP) is -0.421. The van der Waals surface area contributed by atoms with E-state index in [2.05, 4.69) is 20.6 Å². The lowest BCUT2D eigenvalue weighted by Crippen LogP contribution is -2.51. The van der Waals surface area contributed by atoms with E-state index in [9.17, 15) is 23.9 Å². The van der Waals surface area contributed by atoms with Gasteiger partial charge in [-0.05, 0) is 31.8 Å². The minimum Gasteiger partial charge on any atom is -0.501 e. The zero-order valence-corrected chi connectivity index (χ0v) is 17.3. The second kappa shape index (κ2) is 9.67. The Balaban J connectivity index is 1.83. The molecule has 0 radical (unpaired) electrons. The van der Waals surface area contributed by atoms with E-state index in [1.165, 1.54) is 24.3 Å². The Kier molecular flexibility index (Phi) is 6.98. The number of nitrogens with zero attached hydrogens (tertiary/aromatic N) is 3. The molecule has 2 amide bonds. The number of piperazine rings is 1. The van der Waals surface area contributed by atoms with Crippen molar-refractivity contribution in [1.29, 1.82) is 0 Å². The summed E-state index contributed by atoms with van der Waals surface area (Å²) in [4.78, 5) is 47.5. The summed E-state index contributed by atoms with van der Waals surface area (Å²) in [7, 11) is 3.55. The highest BCUT2D eigenvalue weighted by Crippen LogP contribution is 2.20. The molecule has 10 nitrogen and oxygen atoms in total. The van der Waals surface area contributed by atoms with Crippen LogP contribution in [0.2, 0.25) is 0 Å². The second-order valence-electron chi connectivity index (χ2n) is 7.50. The van der Waals surface area contributed by atoms with Gasteiger partial charge in [-0.15, -0.1) is 0 Å². The maximum atomic E-state index is 13.0.